The first-order valence-electron chi connectivity index (χ1n) is 13.1. The molecule has 0 aliphatic carbocycles. The Bertz CT molecular complexity index is 2190. The van der Waals surface area contributed by atoms with Gasteiger partial charge in [0, 0.05) is 16.5 Å². The number of pyridine rings is 1. The van der Waals surface area contributed by atoms with Crippen molar-refractivity contribution in [3.8, 4) is 11.1 Å². The van der Waals surface area contributed by atoms with E-state index in [0.29, 0.717) is 11.1 Å². The Morgan fingerprint density at radius 3 is 1.77 bits per heavy atom. The van der Waals surface area contributed by atoms with Crippen molar-refractivity contribution in [2.75, 3.05) is 0 Å². The second-order valence-corrected chi connectivity index (χ2v) is 9.77. The molecule has 184 valence electrons. The maximum Gasteiger partial charge on any atom is 0.263 e. The highest BCUT2D eigenvalue weighted by Gasteiger charge is 2.17. The molecule has 0 saturated carbocycles. The predicted octanol–water partition coefficient (Wildman–Crippen LogP) is 9.49. The molecule has 0 unspecified atom stereocenters. The van der Waals surface area contributed by atoms with Crippen LogP contribution in [0.2, 0.25) is 0 Å². The molecule has 0 atom stereocenters. The number of benzene rings is 6. The average molecular weight is 500 g/mol. The molecule has 0 radical (unpaired) electrons. The second-order valence-electron chi connectivity index (χ2n) is 9.77. The molecule has 0 aliphatic heterocycles. The summed E-state index contributed by atoms with van der Waals surface area (Å²) in [5.74, 6) is 0. The highest BCUT2D eigenvalue weighted by atomic mass is 16.1. The zero-order chi connectivity index (χ0) is 26.5. The minimum atomic E-state index is -0.0702. The average Bonchev–Trinajstić information content (AvgIpc) is 3.00. The van der Waals surface area contributed by atoms with E-state index in [1.807, 2.05) is 42.5 Å². The van der Waals surface area contributed by atoms with Crippen LogP contribution in [0.1, 0.15) is 0 Å². The van der Waals surface area contributed by atoms with Crippen LogP contribution in [0.5, 0.6) is 0 Å². The summed E-state index contributed by atoms with van der Waals surface area (Å²) in [4.78, 5) is 13.8. The number of fused-ring (bicyclic) bond motifs is 9. The molecule has 0 N–H and O–H groups in total. The Balaban J connectivity index is 1.64. The van der Waals surface area contributed by atoms with Gasteiger partial charge in [-0.1, -0.05) is 110 Å². The van der Waals surface area contributed by atoms with Gasteiger partial charge in [0.2, 0.25) is 0 Å². The van der Waals surface area contributed by atoms with E-state index in [1.165, 1.54) is 32.3 Å². The molecular formula is C37H25NO. The lowest BCUT2D eigenvalue weighted by Crippen LogP contribution is -2.19. The maximum atomic E-state index is 13.8. The Morgan fingerprint density at radius 1 is 0.590 bits per heavy atom. The molecular weight excluding hydrogens is 474 g/mol. The highest BCUT2D eigenvalue weighted by molar-refractivity contribution is 6.26. The van der Waals surface area contributed by atoms with E-state index in [-0.39, 0.29) is 5.56 Å². The molecule has 0 spiro atoms. The quantitative estimate of drug-likeness (QED) is 0.175. The zero-order valence-corrected chi connectivity index (χ0v) is 21.4. The van der Waals surface area contributed by atoms with Crippen LogP contribution in [-0.2, 0) is 0 Å². The molecule has 1 heterocycles. The van der Waals surface area contributed by atoms with E-state index in [4.69, 9.17) is 0 Å². The van der Waals surface area contributed by atoms with Gasteiger partial charge in [-0.3, -0.25) is 9.36 Å². The molecule has 0 bridgehead atoms. The third-order valence-corrected chi connectivity index (χ3v) is 7.72. The third-order valence-electron chi connectivity index (χ3n) is 7.72. The van der Waals surface area contributed by atoms with Gasteiger partial charge in [0.05, 0.1) is 5.52 Å². The van der Waals surface area contributed by atoms with Gasteiger partial charge in [-0.15, -0.1) is 0 Å². The van der Waals surface area contributed by atoms with Crippen molar-refractivity contribution in [1.29, 1.82) is 0 Å². The summed E-state index contributed by atoms with van der Waals surface area (Å²) >= 11 is 0. The van der Waals surface area contributed by atoms with E-state index in [9.17, 15) is 4.79 Å². The monoisotopic (exact) mass is 499 g/mol. The molecule has 1 aromatic heterocycles. The smallest absolute Gasteiger partial charge is 0.263 e. The van der Waals surface area contributed by atoms with E-state index >= 15 is 0 Å². The number of hydrogen-bond acceptors (Lipinski definition) is 1. The molecule has 7 aromatic rings. The van der Waals surface area contributed by atoms with Crippen LogP contribution in [0.4, 0.5) is 0 Å². The van der Waals surface area contributed by atoms with Crippen LogP contribution in [-0.4, -0.2) is 4.57 Å². The van der Waals surface area contributed by atoms with Crippen LogP contribution < -0.4 is 5.56 Å². The molecule has 0 fully saturated rings. The molecule has 0 amide bonds. The van der Waals surface area contributed by atoms with Gasteiger partial charge < -0.3 is 0 Å². The summed E-state index contributed by atoms with van der Waals surface area (Å²) < 4.78 is 1.75. The summed E-state index contributed by atoms with van der Waals surface area (Å²) in [5.41, 5.74) is 3.65. The van der Waals surface area contributed by atoms with Crippen molar-refractivity contribution >= 4 is 59.7 Å². The zero-order valence-electron chi connectivity index (χ0n) is 21.4. The van der Waals surface area contributed by atoms with Gasteiger partial charge in [0.15, 0.2) is 0 Å². The fourth-order valence-corrected chi connectivity index (χ4v) is 6.05. The first-order chi connectivity index (χ1) is 19.2. The number of aromatic nitrogens is 1. The Labute approximate surface area is 226 Å². The molecule has 6 aromatic carbocycles. The van der Waals surface area contributed by atoms with Crippen molar-refractivity contribution in [1.82, 2.24) is 4.57 Å². The summed E-state index contributed by atoms with van der Waals surface area (Å²) in [7, 11) is 0. The first-order valence-corrected chi connectivity index (χ1v) is 13.1. The molecule has 0 aliphatic rings. The lowest BCUT2D eigenvalue weighted by molar-refractivity contribution is 1.10. The highest BCUT2D eigenvalue weighted by Crippen LogP contribution is 2.39. The molecule has 7 rings (SSSR count). The van der Waals surface area contributed by atoms with Gasteiger partial charge in [0.1, 0.15) is 0 Å². The van der Waals surface area contributed by atoms with E-state index < -0.39 is 0 Å². The number of allylic oxidation sites excluding steroid dienone is 4. The molecule has 2 heteroatoms. The number of nitrogens with zero attached hydrogens (tertiary/aromatic N) is 1. The summed E-state index contributed by atoms with van der Waals surface area (Å²) in [5, 5.41) is 10.1. The lowest BCUT2D eigenvalue weighted by atomic mass is 9.90. The van der Waals surface area contributed by atoms with Gasteiger partial charge >= 0.3 is 0 Å². The molecule has 39 heavy (non-hydrogen) atoms. The largest absolute Gasteiger partial charge is 0.276 e. The normalized spacial score (nSPS) is 12.1. The van der Waals surface area contributed by atoms with Crippen LogP contribution in [0, 0.1) is 0 Å². The van der Waals surface area contributed by atoms with Crippen molar-refractivity contribution in [3.05, 3.63) is 151 Å². The fourth-order valence-electron chi connectivity index (χ4n) is 6.05. The Hall–Kier alpha value is -5.21. The summed E-state index contributed by atoms with van der Waals surface area (Å²) in [6, 6.07) is 38.0. The summed E-state index contributed by atoms with van der Waals surface area (Å²) in [6.45, 7) is 7.82. The van der Waals surface area contributed by atoms with Gasteiger partial charge in [0.25, 0.3) is 5.56 Å². The van der Waals surface area contributed by atoms with Crippen molar-refractivity contribution in [3.63, 3.8) is 0 Å². The van der Waals surface area contributed by atoms with Crippen molar-refractivity contribution in [2.24, 2.45) is 0 Å². The van der Waals surface area contributed by atoms with E-state index in [0.717, 1.165) is 27.4 Å². The minimum absolute atomic E-state index is 0.0702. The molecule has 2 nitrogen and oxygen atoms in total. The van der Waals surface area contributed by atoms with Crippen LogP contribution in [0.3, 0.4) is 0 Å². The maximum absolute atomic E-state index is 13.8. The summed E-state index contributed by atoms with van der Waals surface area (Å²) in [6.07, 6.45) is 5.22. The third kappa shape index (κ3) is 3.39. The van der Waals surface area contributed by atoms with Crippen LogP contribution in [0.25, 0.3) is 70.8 Å². The van der Waals surface area contributed by atoms with Gasteiger partial charge in [-0.05, 0) is 79.2 Å². The fraction of sp³-hybridized carbons (Fsp3) is 0. The minimum Gasteiger partial charge on any atom is -0.276 e. The predicted molar refractivity (Wildman–Crippen MR) is 168 cm³/mol. The number of rotatable bonds is 4. The second kappa shape index (κ2) is 8.97. The van der Waals surface area contributed by atoms with Crippen LogP contribution in [0.15, 0.2) is 145 Å². The van der Waals surface area contributed by atoms with Crippen molar-refractivity contribution < 1.29 is 0 Å². The van der Waals surface area contributed by atoms with Crippen molar-refractivity contribution in [2.45, 2.75) is 0 Å². The SMILES string of the molecule is C=C/C=C(\C=C)n1c(=O)c2ccccc2c2c(-c3ccc4c5ccccc5c5ccccc5c4c3)cccc21. The van der Waals surface area contributed by atoms with Crippen LogP contribution >= 0.6 is 0 Å². The standard InChI is InChI=1S/C37H25NO/c1-3-12-25(4-2)38-35-20-11-19-26(36(35)32-17-9-10-18-33(32)37(38)39)24-21-22-31-29-15-6-5-13-27(29)28-14-7-8-16-30(28)34(31)23-24/h3-23H,1-2H2/b25-12+. The topological polar surface area (TPSA) is 22.0 Å². The van der Waals surface area contributed by atoms with Gasteiger partial charge in [-0.25, -0.2) is 0 Å². The lowest BCUT2D eigenvalue weighted by Gasteiger charge is -2.17. The Morgan fingerprint density at radius 2 is 1.15 bits per heavy atom. The van der Waals surface area contributed by atoms with Gasteiger partial charge in [-0.2, -0.15) is 0 Å². The first kappa shape index (κ1) is 22.9. The van der Waals surface area contributed by atoms with E-state index in [1.54, 1.807) is 16.7 Å². The van der Waals surface area contributed by atoms with E-state index in [2.05, 4.69) is 86.0 Å². The Kier molecular flexibility index (Phi) is 5.28. The molecule has 0 saturated heterocycles. The number of hydrogen-bond donors (Lipinski definition) is 0.